The molecule has 5 rings (SSSR count). The largest absolute Gasteiger partial charge is 0.332 e. The first-order valence-electron chi connectivity index (χ1n) is 8.64. The van der Waals surface area contributed by atoms with Crippen molar-refractivity contribution < 1.29 is 4.79 Å². The lowest BCUT2D eigenvalue weighted by Gasteiger charge is -2.35. The van der Waals surface area contributed by atoms with Crippen LogP contribution in [0.1, 0.15) is 31.0 Å². The van der Waals surface area contributed by atoms with Crippen molar-refractivity contribution in [2.45, 2.75) is 45.4 Å². The first kappa shape index (κ1) is 15.8. The van der Waals surface area contributed by atoms with Crippen LogP contribution in [0.15, 0.2) is 23.3 Å². The molecule has 2 unspecified atom stereocenters. The van der Waals surface area contributed by atoms with E-state index in [1.807, 2.05) is 21.8 Å². The fourth-order valence-corrected chi connectivity index (χ4v) is 4.43. The number of hydrogen-bond donors (Lipinski definition) is 0. The fourth-order valence-electron chi connectivity index (χ4n) is 3.88. The molecule has 7 heteroatoms. The maximum atomic E-state index is 12.8. The second-order valence-electron chi connectivity index (χ2n) is 6.77. The van der Waals surface area contributed by atoms with Crippen LogP contribution in [-0.2, 0) is 24.4 Å². The molecule has 3 fully saturated rings. The van der Waals surface area contributed by atoms with Crippen molar-refractivity contribution in [2.24, 2.45) is 5.92 Å². The van der Waals surface area contributed by atoms with Gasteiger partial charge < -0.3 is 4.90 Å². The first-order valence-corrected chi connectivity index (χ1v) is 9.58. The average molecular weight is 345 g/mol. The van der Waals surface area contributed by atoms with Gasteiger partial charge in [0, 0.05) is 49.4 Å². The highest BCUT2D eigenvalue weighted by Crippen LogP contribution is 2.31. The number of aromatic nitrogens is 3. The quantitative estimate of drug-likeness (QED) is 0.831. The molecule has 2 aromatic heterocycles. The summed E-state index contributed by atoms with van der Waals surface area (Å²) in [5.74, 6) is 0.439. The van der Waals surface area contributed by atoms with E-state index in [2.05, 4.69) is 33.0 Å². The predicted molar refractivity (Wildman–Crippen MR) is 92.4 cm³/mol. The smallest absolute Gasteiger partial charge is 0.227 e. The Morgan fingerprint density at radius 2 is 2.21 bits per heavy atom. The van der Waals surface area contributed by atoms with Crippen LogP contribution in [-0.4, -0.2) is 49.6 Å². The summed E-state index contributed by atoms with van der Waals surface area (Å²) in [6.45, 7) is 6.34. The Morgan fingerprint density at radius 1 is 1.29 bits per heavy atom. The van der Waals surface area contributed by atoms with E-state index in [0.29, 0.717) is 18.5 Å². The Labute approximate surface area is 146 Å². The van der Waals surface area contributed by atoms with Crippen molar-refractivity contribution in [3.63, 3.8) is 0 Å². The van der Waals surface area contributed by atoms with Crippen LogP contribution in [0, 0.1) is 5.92 Å². The molecule has 3 saturated heterocycles. The van der Waals surface area contributed by atoms with E-state index in [-0.39, 0.29) is 5.92 Å². The number of hydrogen-bond acceptors (Lipinski definition) is 5. The molecule has 3 aliphatic rings. The molecule has 3 aliphatic heterocycles. The van der Waals surface area contributed by atoms with Crippen LogP contribution in [0.3, 0.4) is 0 Å². The third kappa shape index (κ3) is 3.10. The van der Waals surface area contributed by atoms with Crippen LogP contribution < -0.4 is 0 Å². The summed E-state index contributed by atoms with van der Waals surface area (Å²) >= 11 is 1.59. The highest BCUT2D eigenvalue weighted by molar-refractivity contribution is 7.07. The van der Waals surface area contributed by atoms with Gasteiger partial charge in [0.25, 0.3) is 0 Å². The number of aryl methyl sites for hydroxylation is 1. The van der Waals surface area contributed by atoms with Crippen LogP contribution in [0.4, 0.5) is 0 Å². The summed E-state index contributed by atoms with van der Waals surface area (Å²) < 4.78 is 1.96. The molecule has 0 radical (unpaired) electrons. The lowest BCUT2D eigenvalue weighted by molar-refractivity contribution is -0.140. The number of nitrogens with zero attached hydrogens (tertiary/aromatic N) is 5. The van der Waals surface area contributed by atoms with Crippen molar-refractivity contribution >= 4 is 17.2 Å². The van der Waals surface area contributed by atoms with E-state index in [0.717, 1.165) is 44.7 Å². The number of rotatable bonds is 5. The van der Waals surface area contributed by atoms with Crippen molar-refractivity contribution in [2.75, 3.05) is 13.1 Å². The molecule has 0 aliphatic carbocycles. The van der Waals surface area contributed by atoms with Gasteiger partial charge in [-0.3, -0.25) is 14.4 Å². The standard InChI is InChI=1S/C17H23N5OS/c1-2-21-7-13(5-19-21)6-20-8-14-3-4-16(10-20)22(17(14)23)9-15-11-24-12-18-15/h5,7,11-12,14,16H,2-4,6,8-10H2,1H3. The third-order valence-electron chi connectivity index (χ3n) is 5.10. The lowest BCUT2D eigenvalue weighted by Crippen LogP contribution is -2.47. The SMILES string of the molecule is CCn1cc(CN2CC3CCC(C2)N(Cc2cscn2)C3=O)cn1. The minimum absolute atomic E-state index is 0.128. The number of carbonyl (C=O) groups excluding carboxylic acids is 1. The summed E-state index contributed by atoms with van der Waals surface area (Å²) in [5, 5.41) is 6.41. The van der Waals surface area contributed by atoms with Gasteiger partial charge in [0.05, 0.1) is 29.9 Å². The van der Waals surface area contributed by atoms with Crippen LogP contribution in [0.5, 0.6) is 0 Å². The molecule has 128 valence electrons. The van der Waals surface area contributed by atoms with E-state index in [1.165, 1.54) is 5.56 Å². The zero-order chi connectivity index (χ0) is 16.5. The Kier molecular flexibility index (Phi) is 4.37. The van der Waals surface area contributed by atoms with E-state index < -0.39 is 0 Å². The van der Waals surface area contributed by atoms with E-state index in [9.17, 15) is 4.79 Å². The summed E-state index contributed by atoms with van der Waals surface area (Å²) in [5.41, 5.74) is 4.08. The number of amides is 1. The average Bonchev–Trinajstić information content (AvgIpc) is 3.18. The van der Waals surface area contributed by atoms with Gasteiger partial charge in [-0.05, 0) is 19.8 Å². The summed E-state index contributed by atoms with van der Waals surface area (Å²) in [7, 11) is 0. The van der Waals surface area contributed by atoms with Gasteiger partial charge in [-0.25, -0.2) is 4.98 Å². The molecule has 0 aromatic carbocycles. The molecule has 6 nitrogen and oxygen atoms in total. The Balaban J connectivity index is 1.48. The summed E-state index contributed by atoms with van der Waals surface area (Å²) in [6, 6.07) is 0.305. The molecule has 1 amide bonds. The normalized spacial score (nSPS) is 24.5. The Hall–Kier alpha value is -1.73. The van der Waals surface area contributed by atoms with Gasteiger partial charge in [0.2, 0.25) is 5.91 Å². The predicted octanol–water partition coefficient (Wildman–Crippen LogP) is 1.98. The monoisotopic (exact) mass is 345 g/mol. The van der Waals surface area contributed by atoms with Crippen molar-refractivity contribution in [3.8, 4) is 0 Å². The highest BCUT2D eigenvalue weighted by atomic mass is 32.1. The van der Waals surface area contributed by atoms with Crippen molar-refractivity contribution in [1.82, 2.24) is 24.6 Å². The minimum Gasteiger partial charge on any atom is -0.332 e. The topological polar surface area (TPSA) is 54.3 Å². The maximum Gasteiger partial charge on any atom is 0.227 e. The molecule has 24 heavy (non-hydrogen) atoms. The number of fused-ring (bicyclic) bond motifs is 4. The van der Waals surface area contributed by atoms with Crippen LogP contribution >= 0.6 is 11.3 Å². The Bertz CT molecular complexity index is 698. The van der Waals surface area contributed by atoms with Gasteiger partial charge in [-0.1, -0.05) is 0 Å². The highest BCUT2D eigenvalue weighted by Gasteiger charge is 2.40. The van der Waals surface area contributed by atoms with Crippen molar-refractivity contribution in [1.29, 1.82) is 0 Å². The summed E-state index contributed by atoms with van der Waals surface area (Å²) in [4.78, 5) is 21.7. The second kappa shape index (κ2) is 6.64. The Morgan fingerprint density at radius 3 is 2.96 bits per heavy atom. The molecular formula is C17H23N5OS. The third-order valence-corrected chi connectivity index (χ3v) is 5.74. The first-order chi connectivity index (χ1) is 11.7. The zero-order valence-electron chi connectivity index (χ0n) is 14.0. The van der Waals surface area contributed by atoms with Crippen LogP contribution in [0.25, 0.3) is 0 Å². The lowest BCUT2D eigenvalue weighted by atomic mass is 9.94. The molecule has 2 bridgehead atoms. The fraction of sp³-hybridized carbons (Fsp3) is 0.588. The zero-order valence-corrected chi connectivity index (χ0v) is 14.8. The van der Waals surface area contributed by atoms with Gasteiger partial charge in [0.15, 0.2) is 0 Å². The molecular weight excluding hydrogens is 322 g/mol. The van der Waals surface area contributed by atoms with Crippen LogP contribution in [0.2, 0.25) is 0 Å². The van der Waals surface area contributed by atoms with E-state index in [1.54, 1.807) is 11.3 Å². The summed E-state index contributed by atoms with van der Waals surface area (Å²) in [6.07, 6.45) is 6.18. The molecule has 0 N–H and O–H groups in total. The van der Waals surface area contributed by atoms with E-state index >= 15 is 0 Å². The maximum absolute atomic E-state index is 12.8. The second-order valence-corrected chi connectivity index (χ2v) is 7.49. The van der Waals surface area contributed by atoms with Gasteiger partial charge in [0.1, 0.15) is 0 Å². The number of piperidine rings is 1. The van der Waals surface area contributed by atoms with Gasteiger partial charge in [-0.15, -0.1) is 11.3 Å². The van der Waals surface area contributed by atoms with E-state index in [4.69, 9.17) is 0 Å². The van der Waals surface area contributed by atoms with Crippen molar-refractivity contribution in [3.05, 3.63) is 34.5 Å². The molecule has 2 aromatic rings. The molecule has 0 saturated carbocycles. The molecule has 0 spiro atoms. The van der Waals surface area contributed by atoms with Gasteiger partial charge in [-0.2, -0.15) is 5.10 Å². The number of carbonyl (C=O) groups is 1. The molecule has 2 atom stereocenters. The van der Waals surface area contributed by atoms with Gasteiger partial charge >= 0.3 is 0 Å². The molecule has 5 heterocycles. The minimum atomic E-state index is 0.128. The number of thiazole rings is 1.